The summed E-state index contributed by atoms with van der Waals surface area (Å²) in [5, 5.41) is 2.18. The van der Waals surface area contributed by atoms with E-state index in [1.165, 1.54) is 0 Å². The summed E-state index contributed by atoms with van der Waals surface area (Å²) >= 11 is 0. The van der Waals surface area contributed by atoms with Crippen LogP contribution in [0, 0.1) is 6.92 Å². The van der Waals surface area contributed by atoms with Crippen molar-refractivity contribution in [3.05, 3.63) is 66.0 Å². The van der Waals surface area contributed by atoms with Crippen molar-refractivity contribution in [1.29, 1.82) is 0 Å². The topological polar surface area (TPSA) is 63.9 Å². The zero-order valence-corrected chi connectivity index (χ0v) is 18.1. The van der Waals surface area contributed by atoms with Gasteiger partial charge in [-0.15, -0.1) is 0 Å². The highest BCUT2D eigenvalue weighted by atomic mass is 16.2. The van der Waals surface area contributed by atoms with Gasteiger partial charge in [-0.1, -0.05) is 25.1 Å². The minimum Gasteiger partial charge on any atom is -0.335 e. The van der Waals surface area contributed by atoms with Crippen molar-refractivity contribution in [2.45, 2.75) is 40.3 Å². The molecule has 4 heterocycles. The molecule has 0 aliphatic carbocycles. The van der Waals surface area contributed by atoms with Gasteiger partial charge in [0.2, 0.25) is 5.91 Å². The normalized spacial score (nSPS) is 13.5. The summed E-state index contributed by atoms with van der Waals surface area (Å²) in [6.07, 6.45) is 4.66. The quantitative estimate of drug-likeness (QED) is 0.501. The summed E-state index contributed by atoms with van der Waals surface area (Å²) in [7, 11) is 0. The molecular weight excluding hydrogens is 386 g/mol. The number of hydrogen-bond donors (Lipinski definition) is 0. The number of amides is 1. The standard InChI is InChI=1S/C25H25N5O/c1-4-24-28-25(23-15-29(17(3)31)10-11-30(23)24)20-7-5-6-18-12-22(27-14-21(18)20)19-9-8-16(2)26-13-19/h5-9,12-14H,4,10-11,15H2,1-3H3. The van der Waals surface area contributed by atoms with E-state index in [1.807, 2.05) is 30.3 Å². The van der Waals surface area contributed by atoms with Crippen LogP contribution in [0.2, 0.25) is 0 Å². The molecule has 0 N–H and O–H groups in total. The Morgan fingerprint density at radius 2 is 1.97 bits per heavy atom. The number of fused-ring (bicyclic) bond motifs is 2. The van der Waals surface area contributed by atoms with Gasteiger partial charge < -0.3 is 9.47 Å². The molecule has 6 heteroatoms. The van der Waals surface area contributed by atoms with Crippen LogP contribution in [0.3, 0.4) is 0 Å². The number of imidazole rings is 1. The lowest BCUT2D eigenvalue weighted by molar-refractivity contribution is -0.130. The van der Waals surface area contributed by atoms with E-state index in [0.717, 1.165) is 70.0 Å². The Balaban J connectivity index is 1.63. The zero-order chi connectivity index (χ0) is 21.5. The van der Waals surface area contributed by atoms with E-state index in [-0.39, 0.29) is 5.91 Å². The van der Waals surface area contributed by atoms with Crippen LogP contribution in [0.15, 0.2) is 48.8 Å². The third-order valence-corrected chi connectivity index (χ3v) is 6.07. The Morgan fingerprint density at radius 1 is 1.10 bits per heavy atom. The van der Waals surface area contributed by atoms with Gasteiger partial charge >= 0.3 is 0 Å². The molecule has 1 aromatic carbocycles. The maximum atomic E-state index is 12.0. The van der Waals surface area contributed by atoms with Crippen LogP contribution >= 0.6 is 0 Å². The Labute approximate surface area is 181 Å². The lowest BCUT2D eigenvalue weighted by Gasteiger charge is -2.28. The molecule has 1 amide bonds. The minimum atomic E-state index is 0.104. The third kappa shape index (κ3) is 3.38. The van der Waals surface area contributed by atoms with Gasteiger partial charge in [0.1, 0.15) is 5.82 Å². The summed E-state index contributed by atoms with van der Waals surface area (Å²) in [4.78, 5) is 28.0. The van der Waals surface area contributed by atoms with Gasteiger partial charge in [0.25, 0.3) is 0 Å². The van der Waals surface area contributed by atoms with E-state index in [9.17, 15) is 4.79 Å². The predicted molar refractivity (Wildman–Crippen MR) is 121 cm³/mol. The maximum Gasteiger partial charge on any atom is 0.219 e. The van der Waals surface area contributed by atoms with Crippen LogP contribution < -0.4 is 0 Å². The number of pyridine rings is 2. The van der Waals surface area contributed by atoms with Gasteiger partial charge in [0, 0.05) is 61.0 Å². The van der Waals surface area contributed by atoms with E-state index in [2.05, 4.69) is 46.8 Å². The second kappa shape index (κ2) is 7.61. The lowest BCUT2D eigenvalue weighted by atomic mass is 10.0. The van der Waals surface area contributed by atoms with Crippen molar-refractivity contribution < 1.29 is 4.79 Å². The largest absolute Gasteiger partial charge is 0.335 e. The smallest absolute Gasteiger partial charge is 0.219 e. The summed E-state index contributed by atoms with van der Waals surface area (Å²) < 4.78 is 2.29. The maximum absolute atomic E-state index is 12.0. The highest BCUT2D eigenvalue weighted by Gasteiger charge is 2.26. The van der Waals surface area contributed by atoms with Crippen LogP contribution in [0.5, 0.6) is 0 Å². The molecule has 0 saturated heterocycles. The molecule has 5 rings (SSSR count). The first-order chi connectivity index (χ1) is 15.0. The highest BCUT2D eigenvalue weighted by molar-refractivity contribution is 5.97. The number of rotatable bonds is 3. The fourth-order valence-electron chi connectivity index (χ4n) is 4.35. The molecule has 156 valence electrons. The van der Waals surface area contributed by atoms with E-state index in [0.29, 0.717) is 6.54 Å². The van der Waals surface area contributed by atoms with Gasteiger partial charge in [-0.05, 0) is 30.5 Å². The Hall–Kier alpha value is -3.54. The third-order valence-electron chi connectivity index (χ3n) is 6.07. The molecule has 1 aliphatic rings. The van der Waals surface area contributed by atoms with Gasteiger partial charge in [-0.3, -0.25) is 14.8 Å². The van der Waals surface area contributed by atoms with Crippen LogP contribution in [-0.4, -0.2) is 36.9 Å². The van der Waals surface area contributed by atoms with Crippen molar-refractivity contribution in [3.63, 3.8) is 0 Å². The van der Waals surface area contributed by atoms with E-state index in [4.69, 9.17) is 9.97 Å². The molecule has 0 atom stereocenters. The van der Waals surface area contributed by atoms with Crippen LogP contribution in [0.1, 0.15) is 31.1 Å². The fourth-order valence-corrected chi connectivity index (χ4v) is 4.35. The van der Waals surface area contributed by atoms with Gasteiger partial charge in [-0.25, -0.2) is 4.98 Å². The Kier molecular flexibility index (Phi) is 4.77. The second-order valence-electron chi connectivity index (χ2n) is 8.05. The highest BCUT2D eigenvalue weighted by Crippen LogP contribution is 2.34. The number of carbonyl (C=O) groups excluding carboxylic acids is 1. The SMILES string of the molecule is CCc1nc(-c2cccc3cc(-c4ccc(C)nc4)ncc23)c2n1CCN(C(C)=O)C2. The molecular formula is C25H25N5O. The number of nitrogens with zero attached hydrogens (tertiary/aromatic N) is 5. The number of aryl methyl sites for hydroxylation is 2. The fraction of sp³-hybridized carbons (Fsp3) is 0.280. The first-order valence-electron chi connectivity index (χ1n) is 10.7. The average Bonchev–Trinajstić information content (AvgIpc) is 3.16. The van der Waals surface area contributed by atoms with Crippen LogP contribution in [0.4, 0.5) is 0 Å². The molecule has 4 aromatic rings. The second-order valence-corrected chi connectivity index (χ2v) is 8.05. The van der Waals surface area contributed by atoms with Gasteiger partial charge in [0.15, 0.2) is 0 Å². The predicted octanol–water partition coefficient (Wildman–Crippen LogP) is 4.39. The first-order valence-corrected chi connectivity index (χ1v) is 10.7. The van der Waals surface area contributed by atoms with Gasteiger partial charge in [-0.2, -0.15) is 0 Å². The molecule has 1 aliphatic heterocycles. The summed E-state index contributed by atoms with van der Waals surface area (Å²) in [5.74, 6) is 1.17. The van der Waals surface area contributed by atoms with E-state index < -0.39 is 0 Å². The van der Waals surface area contributed by atoms with Crippen molar-refractivity contribution in [2.24, 2.45) is 0 Å². The summed E-state index contributed by atoms with van der Waals surface area (Å²) in [6, 6.07) is 12.4. The Morgan fingerprint density at radius 3 is 2.71 bits per heavy atom. The number of benzene rings is 1. The minimum absolute atomic E-state index is 0.104. The first kappa shape index (κ1) is 19.4. The lowest BCUT2D eigenvalue weighted by Crippen LogP contribution is -2.37. The molecule has 0 saturated carbocycles. The van der Waals surface area contributed by atoms with Crippen molar-refractivity contribution in [2.75, 3.05) is 6.54 Å². The molecule has 0 bridgehead atoms. The van der Waals surface area contributed by atoms with E-state index in [1.54, 1.807) is 6.92 Å². The monoisotopic (exact) mass is 411 g/mol. The van der Waals surface area contributed by atoms with Crippen molar-refractivity contribution in [3.8, 4) is 22.5 Å². The number of aromatic nitrogens is 4. The van der Waals surface area contributed by atoms with Crippen molar-refractivity contribution in [1.82, 2.24) is 24.4 Å². The van der Waals surface area contributed by atoms with Crippen molar-refractivity contribution >= 4 is 16.7 Å². The summed E-state index contributed by atoms with van der Waals surface area (Å²) in [6.45, 7) is 7.86. The zero-order valence-electron chi connectivity index (χ0n) is 18.1. The Bertz CT molecular complexity index is 1290. The molecule has 6 nitrogen and oxygen atoms in total. The average molecular weight is 412 g/mol. The molecule has 0 spiro atoms. The molecule has 0 radical (unpaired) electrons. The summed E-state index contributed by atoms with van der Waals surface area (Å²) in [5.41, 5.74) is 6.02. The van der Waals surface area contributed by atoms with E-state index >= 15 is 0 Å². The number of carbonyl (C=O) groups is 1. The van der Waals surface area contributed by atoms with Crippen LogP contribution in [0.25, 0.3) is 33.3 Å². The number of hydrogen-bond acceptors (Lipinski definition) is 4. The molecule has 3 aromatic heterocycles. The van der Waals surface area contributed by atoms with Gasteiger partial charge in [0.05, 0.1) is 23.6 Å². The molecule has 31 heavy (non-hydrogen) atoms. The molecule has 0 fully saturated rings. The molecule has 0 unspecified atom stereocenters. The van der Waals surface area contributed by atoms with Crippen LogP contribution in [-0.2, 0) is 24.3 Å².